The number of fused-ring (bicyclic) bond motifs is 2. The minimum absolute atomic E-state index is 0.0896. The zero-order valence-electron chi connectivity index (χ0n) is 34.5. The van der Waals surface area contributed by atoms with Crippen LogP contribution in [0, 0.1) is 0 Å². The van der Waals surface area contributed by atoms with E-state index in [0.717, 1.165) is 11.0 Å². The normalized spacial score (nSPS) is 16.5. The lowest BCUT2D eigenvalue weighted by atomic mass is 10.2. The van der Waals surface area contributed by atoms with Gasteiger partial charge in [-0.1, -0.05) is 52.5 Å². The molecule has 2 atom stereocenters. The average Bonchev–Trinajstić information content (AvgIpc) is 4.19. The van der Waals surface area contributed by atoms with E-state index in [9.17, 15) is 26.4 Å². The van der Waals surface area contributed by atoms with Crippen molar-refractivity contribution in [2.24, 2.45) is 0 Å². The average molecular weight is 1060 g/mol. The predicted octanol–water partition coefficient (Wildman–Crippen LogP) is 9.74. The highest BCUT2D eigenvalue weighted by Crippen LogP contribution is 2.36. The van der Waals surface area contributed by atoms with Crippen molar-refractivity contribution in [1.29, 1.82) is 0 Å². The molecule has 2 unspecified atom stereocenters. The molecule has 8 aromatic rings. The Hall–Kier alpha value is -5.58. The molecule has 2 saturated heterocycles. The van der Waals surface area contributed by atoms with Crippen LogP contribution in [0.4, 0.5) is 21.6 Å². The van der Waals surface area contributed by atoms with Crippen molar-refractivity contribution in [2.45, 2.75) is 34.7 Å². The first-order chi connectivity index (χ1) is 32.1. The lowest BCUT2D eigenvalue weighted by Crippen LogP contribution is -2.31. The van der Waals surface area contributed by atoms with Gasteiger partial charge in [-0.2, -0.15) is 0 Å². The van der Waals surface area contributed by atoms with E-state index >= 15 is 0 Å². The highest BCUT2D eigenvalue weighted by atomic mass is 35.5. The molecule has 2 fully saturated rings. The Bertz CT molecular complexity index is 3390. The summed E-state index contributed by atoms with van der Waals surface area (Å²) >= 11 is 26.9. The van der Waals surface area contributed by atoms with E-state index in [1.165, 1.54) is 63.5 Å². The topological polar surface area (TPSA) is 186 Å². The molecule has 24 heteroatoms. The molecule has 4 aromatic heterocycles. The van der Waals surface area contributed by atoms with Crippen molar-refractivity contribution in [1.82, 2.24) is 29.1 Å². The Kier molecular flexibility index (Phi) is 13.1. The van der Waals surface area contributed by atoms with Gasteiger partial charge >= 0.3 is 0 Å². The van der Waals surface area contributed by atoms with Crippen LogP contribution in [0.25, 0.3) is 22.1 Å². The Morgan fingerprint density at radius 2 is 1.15 bits per heavy atom. The number of hydrogen-bond acceptors (Lipinski definition) is 12. The molecule has 2 amide bonds. The lowest BCUT2D eigenvalue weighted by Gasteiger charge is -2.21. The van der Waals surface area contributed by atoms with Gasteiger partial charge in [0.15, 0.2) is 10.3 Å². The van der Waals surface area contributed by atoms with Crippen LogP contribution in [0.15, 0.2) is 131 Å². The third-order valence-corrected chi connectivity index (χ3v) is 17.3. The molecule has 10 rings (SSSR count). The lowest BCUT2D eigenvalue weighted by molar-refractivity contribution is -0.120. The molecule has 0 spiro atoms. The number of aromatic nitrogens is 6. The third-order valence-electron chi connectivity index (χ3n) is 11.0. The van der Waals surface area contributed by atoms with E-state index in [1.54, 1.807) is 97.1 Å². The molecule has 1 N–H and O–H groups in total. The third kappa shape index (κ3) is 9.11. The SMILES string of the molecule is C=CCN(c1nccs1)S(=O)(=O)c1ccc(N2CCC(n3cnc4cc(Cl)c(Cl)cc43)C2=O)cc1.O=C1C(n2cnc3cc(Cl)c(Cl)cc32)CCN1c1ccc(S(=O)(=O)Nc2nccs2)cc1. The van der Waals surface area contributed by atoms with E-state index in [-0.39, 0.29) is 28.2 Å². The summed E-state index contributed by atoms with van der Waals surface area (Å²) in [4.78, 5) is 46.7. The molecule has 344 valence electrons. The predicted molar refractivity (Wildman–Crippen MR) is 264 cm³/mol. The fraction of sp³-hybridized carbons (Fsp3) is 0.163. The van der Waals surface area contributed by atoms with Crippen LogP contribution in [-0.2, 0) is 29.6 Å². The van der Waals surface area contributed by atoms with Crippen molar-refractivity contribution in [3.05, 3.63) is 141 Å². The summed E-state index contributed by atoms with van der Waals surface area (Å²) in [5.74, 6) is -0.214. The van der Waals surface area contributed by atoms with Gasteiger partial charge in [0.1, 0.15) is 12.1 Å². The molecule has 0 bridgehead atoms. The van der Waals surface area contributed by atoms with Crippen molar-refractivity contribution < 1.29 is 26.4 Å². The number of imidazole rings is 2. The summed E-state index contributed by atoms with van der Waals surface area (Å²) in [6.45, 7) is 4.73. The number of amides is 2. The Morgan fingerprint density at radius 3 is 1.61 bits per heavy atom. The van der Waals surface area contributed by atoms with Gasteiger partial charge in [-0.05, 0) is 85.6 Å². The van der Waals surface area contributed by atoms with Crippen LogP contribution >= 0.6 is 69.1 Å². The highest BCUT2D eigenvalue weighted by Gasteiger charge is 2.37. The van der Waals surface area contributed by atoms with Gasteiger partial charge in [0.2, 0.25) is 11.8 Å². The number of sulfonamides is 2. The maximum absolute atomic E-state index is 13.3. The molecule has 0 saturated carbocycles. The number of hydrogen-bond donors (Lipinski definition) is 1. The van der Waals surface area contributed by atoms with Crippen LogP contribution in [0.1, 0.15) is 24.9 Å². The largest absolute Gasteiger partial charge is 0.318 e. The van der Waals surface area contributed by atoms with E-state index in [1.807, 2.05) is 0 Å². The highest BCUT2D eigenvalue weighted by molar-refractivity contribution is 7.93. The number of anilines is 4. The van der Waals surface area contributed by atoms with Gasteiger partial charge in [0.05, 0.1) is 71.1 Å². The number of halogens is 4. The quantitative estimate of drug-likeness (QED) is 0.116. The van der Waals surface area contributed by atoms with E-state index in [4.69, 9.17) is 46.4 Å². The number of rotatable bonds is 12. The Labute approximate surface area is 411 Å². The van der Waals surface area contributed by atoms with Crippen molar-refractivity contribution >= 4 is 145 Å². The summed E-state index contributed by atoms with van der Waals surface area (Å²) < 4.78 is 58.8. The van der Waals surface area contributed by atoms with Gasteiger partial charge in [-0.15, -0.1) is 29.3 Å². The second-order valence-corrected chi connectivity index (χ2v) is 21.9. The second-order valence-electron chi connectivity index (χ2n) is 15.0. The van der Waals surface area contributed by atoms with Crippen LogP contribution in [-0.4, -0.2) is 77.4 Å². The fourth-order valence-electron chi connectivity index (χ4n) is 7.81. The molecule has 16 nitrogen and oxygen atoms in total. The first kappa shape index (κ1) is 46.5. The van der Waals surface area contributed by atoms with E-state index in [2.05, 4.69) is 31.2 Å². The van der Waals surface area contributed by atoms with Crippen molar-refractivity contribution in [3.8, 4) is 0 Å². The first-order valence-electron chi connectivity index (χ1n) is 20.1. The second kappa shape index (κ2) is 18.8. The van der Waals surface area contributed by atoms with Crippen LogP contribution in [0.5, 0.6) is 0 Å². The molecule has 6 heterocycles. The number of carbonyl (C=O) groups excluding carboxylic acids is 2. The summed E-state index contributed by atoms with van der Waals surface area (Å²) in [5.41, 5.74) is 4.01. The zero-order valence-corrected chi connectivity index (χ0v) is 40.8. The summed E-state index contributed by atoms with van der Waals surface area (Å²) in [7, 11) is -7.60. The van der Waals surface area contributed by atoms with Crippen LogP contribution in [0.3, 0.4) is 0 Å². The maximum atomic E-state index is 13.3. The molecule has 2 aliphatic rings. The van der Waals surface area contributed by atoms with E-state index in [0.29, 0.717) is 78.7 Å². The minimum atomic E-state index is -3.85. The number of nitrogens with one attached hydrogen (secondary N) is 1. The monoisotopic (exact) mass is 1050 g/mol. The van der Waals surface area contributed by atoms with Crippen LogP contribution < -0.4 is 18.8 Å². The first-order valence-corrected chi connectivity index (χ1v) is 26.3. The van der Waals surface area contributed by atoms with E-state index < -0.39 is 32.1 Å². The minimum Gasteiger partial charge on any atom is -0.318 e. The fourth-order valence-corrected chi connectivity index (χ4v) is 12.5. The van der Waals surface area contributed by atoms with Gasteiger partial charge in [-0.25, -0.2) is 41.1 Å². The smallest absolute Gasteiger partial charge is 0.266 e. The Morgan fingerprint density at radius 1 is 0.672 bits per heavy atom. The standard InChI is InChI=1S/C23H19Cl2N5O3S2.C20H15Cl2N5O3S2/c1-2-9-30(23-26-8-11-34-23)35(32,33)16-5-3-15(4-6-16)28-10-7-20(22(28)31)29-14-27-19-12-17(24)18(25)13-21(19)29;21-14-9-16-18(10-15(14)22)27(11-24-16)17-5-7-26(19(17)28)12-1-3-13(4-2-12)32(29,30)25-20-23-6-8-31-20/h2-6,8,11-14,20H,1,7,9-10H2;1-4,6,8-11,17H,5,7H2,(H,23,25). The number of thiazole rings is 2. The van der Waals surface area contributed by atoms with Gasteiger partial charge in [0, 0.05) is 47.6 Å². The number of nitrogens with zero attached hydrogens (tertiary/aromatic N) is 9. The molecular weight excluding hydrogens is 1020 g/mol. The molecule has 4 aromatic carbocycles. The number of carbonyl (C=O) groups is 2. The molecule has 0 radical (unpaired) electrons. The molecule has 67 heavy (non-hydrogen) atoms. The van der Waals surface area contributed by atoms with Gasteiger partial charge < -0.3 is 18.9 Å². The van der Waals surface area contributed by atoms with Crippen LogP contribution in [0.2, 0.25) is 20.1 Å². The van der Waals surface area contributed by atoms with Gasteiger partial charge in [0.25, 0.3) is 20.0 Å². The summed E-state index contributed by atoms with van der Waals surface area (Å²) in [6.07, 6.45) is 8.97. The molecule has 2 aliphatic heterocycles. The maximum Gasteiger partial charge on any atom is 0.266 e. The van der Waals surface area contributed by atoms with Crippen molar-refractivity contribution in [2.75, 3.05) is 38.5 Å². The Balaban J connectivity index is 0.000000169. The van der Waals surface area contributed by atoms with Gasteiger partial charge in [-0.3, -0.25) is 14.3 Å². The summed E-state index contributed by atoms with van der Waals surface area (Å²) in [5, 5.41) is 5.65. The molecular formula is C43H34Cl4N10O6S4. The molecule has 0 aliphatic carbocycles. The number of benzene rings is 4. The zero-order chi connectivity index (χ0) is 47.2. The summed E-state index contributed by atoms with van der Waals surface area (Å²) in [6, 6.07) is 18.4. The van der Waals surface area contributed by atoms with Crippen molar-refractivity contribution in [3.63, 3.8) is 0 Å².